The van der Waals surface area contributed by atoms with E-state index in [1.165, 1.54) is 6.07 Å². The van der Waals surface area contributed by atoms with Crippen molar-refractivity contribution >= 4 is 61.2 Å². The minimum absolute atomic E-state index is 0.0110. The van der Waals surface area contributed by atoms with Crippen LogP contribution in [0.5, 0.6) is 11.5 Å². The number of hydrogen-bond donors (Lipinski definition) is 1. The molecule has 12 heteroatoms. The summed E-state index contributed by atoms with van der Waals surface area (Å²) < 4.78 is 37.6. The summed E-state index contributed by atoms with van der Waals surface area (Å²) in [6.45, 7) is 4.77. The Kier molecular flexibility index (Phi) is 9.33. The maximum absolute atomic E-state index is 13.4. The zero-order chi connectivity index (χ0) is 25.4. The molecule has 0 spiro atoms. The molecule has 0 aliphatic carbocycles. The molecule has 0 fully saturated rings. The highest BCUT2D eigenvalue weighted by Crippen LogP contribution is 2.33. The van der Waals surface area contributed by atoms with E-state index in [-0.39, 0.29) is 20.0 Å². The number of nitrogens with zero attached hydrogens (tertiary/aromatic N) is 3. The maximum Gasteiger partial charge on any atom is 0.289 e. The molecule has 0 unspecified atom stereocenters. The molecule has 0 aliphatic rings. The highest BCUT2D eigenvalue weighted by Gasteiger charge is 2.27. The molecular formula is C23H21Cl3N4O4S. The number of benzene rings is 3. The Morgan fingerprint density at radius 3 is 1.94 bits per heavy atom. The summed E-state index contributed by atoms with van der Waals surface area (Å²) in [5.41, 5.74) is 3.56. The molecular weight excluding hydrogens is 535 g/mol. The van der Waals surface area contributed by atoms with Crippen molar-refractivity contribution in [1.82, 2.24) is 0 Å². The van der Waals surface area contributed by atoms with Crippen molar-refractivity contribution in [3.63, 3.8) is 0 Å². The quantitative estimate of drug-likeness (QED) is 0.103. The fraction of sp³-hybridized carbons (Fsp3) is 0.174. The molecule has 0 amide bonds. The van der Waals surface area contributed by atoms with Gasteiger partial charge < -0.3 is 9.47 Å². The minimum Gasteiger partial charge on any atom is -0.494 e. The van der Waals surface area contributed by atoms with Crippen LogP contribution < -0.4 is 14.9 Å². The Morgan fingerprint density at radius 2 is 1.37 bits per heavy atom. The van der Waals surface area contributed by atoms with E-state index >= 15 is 0 Å². The first kappa shape index (κ1) is 26.7. The molecule has 0 saturated carbocycles. The molecule has 8 nitrogen and oxygen atoms in total. The number of nitrogens with one attached hydrogen (secondary N) is 1. The van der Waals surface area contributed by atoms with E-state index in [9.17, 15) is 8.42 Å². The molecule has 3 aromatic carbocycles. The van der Waals surface area contributed by atoms with Crippen LogP contribution in [-0.2, 0) is 9.84 Å². The summed E-state index contributed by atoms with van der Waals surface area (Å²) in [4.78, 5) is -0.313. The molecule has 35 heavy (non-hydrogen) atoms. The SMILES string of the molecule is CCOc1ccc(N=NC(=NNc2ccc(OCC)cc2)S(=O)(=O)c2cc(Cl)c(Cl)cc2Cl)cc1. The Morgan fingerprint density at radius 1 is 0.829 bits per heavy atom. The van der Waals surface area contributed by atoms with Gasteiger partial charge in [0.1, 0.15) is 11.5 Å². The lowest BCUT2D eigenvalue weighted by atomic mass is 10.3. The molecule has 1 N–H and O–H groups in total. The number of rotatable bonds is 8. The topological polar surface area (TPSA) is 102 Å². The smallest absolute Gasteiger partial charge is 0.289 e. The zero-order valence-electron chi connectivity index (χ0n) is 18.7. The Labute approximate surface area is 218 Å². The second kappa shape index (κ2) is 12.2. The van der Waals surface area contributed by atoms with Gasteiger partial charge in [-0.15, -0.1) is 15.3 Å². The molecule has 0 saturated heterocycles. The number of azo groups is 1. The van der Waals surface area contributed by atoms with Gasteiger partial charge in [0, 0.05) is 0 Å². The van der Waals surface area contributed by atoms with E-state index < -0.39 is 15.0 Å². The van der Waals surface area contributed by atoms with Gasteiger partial charge in [0.05, 0.1) is 44.6 Å². The van der Waals surface area contributed by atoms with E-state index in [2.05, 4.69) is 20.8 Å². The fourth-order valence-corrected chi connectivity index (χ4v) is 4.74. The van der Waals surface area contributed by atoms with Gasteiger partial charge in [-0.2, -0.15) is 0 Å². The predicted molar refractivity (Wildman–Crippen MR) is 139 cm³/mol. The fourth-order valence-electron chi connectivity index (χ4n) is 2.73. The Bertz CT molecular complexity index is 1330. The van der Waals surface area contributed by atoms with Gasteiger partial charge >= 0.3 is 0 Å². The number of amidine groups is 1. The molecule has 3 aromatic rings. The average Bonchev–Trinajstić information content (AvgIpc) is 2.83. The average molecular weight is 556 g/mol. The zero-order valence-corrected chi connectivity index (χ0v) is 21.8. The first-order valence-corrected chi connectivity index (χ1v) is 13.0. The van der Waals surface area contributed by atoms with Crippen LogP contribution in [0.15, 0.2) is 80.9 Å². The highest BCUT2D eigenvalue weighted by atomic mass is 35.5. The van der Waals surface area contributed by atoms with Gasteiger partial charge in [-0.1, -0.05) is 34.8 Å². The van der Waals surface area contributed by atoms with E-state index in [0.29, 0.717) is 36.1 Å². The lowest BCUT2D eigenvalue weighted by Crippen LogP contribution is -2.15. The van der Waals surface area contributed by atoms with Crippen LogP contribution in [0.25, 0.3) is 0 Å². The minimum atomic E-state index is -4.34. The normalized spacial score (nSPS) is 12.1. The van der Waals surface area contributed by atoms with Crippen LogP contribution in [-0.4, -0.2) is 26.8 Å². The third-order valence-electron chi connectivity index (χ3n) is 4.35. The number of halogens is 3. The number of hydrazone groups is 1. The molecule has 3 rings (SSSR count). The van der Waals surface area contributed by atoms with Crippen molar-refractivity contribution < 1.29 is 17.9 Å². The molecule has 0 aromatic heterocycles. The van der Waals surface area contributed by atoms with Crippen molar-refractivity contribution in [3.8, 4) is 11.5 Å². The molecule has 0 heterocycles. The van der Waals surface area contributed by atoms with E-state index in [1.54, 1.807) is 48.5 Å². The second-order valence-electron chi connectivity index (χ2n) is 6.79. The van der Waals surface area contributed by atoms with E-state index in [1.807, 2.05) is 13.8 Å². The summed E-state index contributed by atoms with van der Waals surface area (Å²) in [6, 6.07) is 15.8. The number of anilines is 1. The monoisotopic (exact) mass is 554 g/mol. The number of sulfone groups is 1. The maximum atomic E-state index is 13.4. The van der Waals surface area contributed by atoms with Gasteiger partial charge in [0.25, 0.3) is 5.17 Å². The van der Waals surface area contributed by atoms with Crippen LogP contribution in [0.1, 0.15) is 13.8 Å². The van der Waals surface area contributed by atoms with E-state index in [0.717, 1.165) is 6.07 Å². The largest absolute Gasteiger partial charge is 0.494 e. The van der Waals surface area contributed by atoms with Crippen molar-refractivity contribution in [2.75, 3.05) is 18.6 Å². The van der Waals surface area contributed by atoms with Crippen LogP contribution in [0.3, 0.4) is 0 Å². The van der Waals surface area contributed by atoms with Crippen LogP contribution in [0.2, 0.25) is 15.1 Å². The molecule has 0 atom stereocenters. The lowest BCUT2D eigenvalue weighted by molar-refractivity contribution is 0.340. The lowest BCUT2D eigenvalue weighted by Gasteiger charge is -2.09. The summed E-state index contributed by atoms with van der Waals surface area (Å²) >= 11 is 18.1. The summed E-state index contributed by atoms with van der Waals surface area (Å²) in [5.74, 6) is 1.31. The predicted octanol–water partition coefficient (Wildman–Crippen LogP) is 7.38. The molecule has 184 valence electrons. The van der Waals surface area contributed by atoms with E-state index in [4.69, 9.17) is 44.3 Å². The summed E-state index contributed by atoms with van der Waals surface area (Å²) in [7, 11) is -4.34. The Balaban J connectivity index is 1.98. The van der Waals surface area contributed by atoms with Crippen molar-refractivity contribution in [1.29, 1.82) is 0 Å². The van der Waals surface area contributed by atoms with Crippen LogP contribution in [0.4, 0.5) is 11.4 Å². The highest BCUT2D eigenvalue weighted by molar-refractivity contribution is 8.06. The third kappa shape index (κ3) is 7.08. The van der Waals surface area contributed by atoms with Crippen molar-refractivity contribution in [2.24, 2.45) is 15.3 Å². The van der Waals surface area contributed by atoms with Gasteiger partial charge in [0.2, 0.25) is 9.84 Å². The molecule has 0 bridgehead atoms. The first-order valence-electron chi connectivity index (χ1n) is 10.4. The van der Waals surface area contributed by atoms with Gasteiger partial charge in [-0.05, 0) is 74.5 Å². The van der Waals surface area contributed by atoms with Crippen molar-refractivity contribution in [3.05, 3.63) is 75.7 Å². The van der Waals surface area contributed by atoms with Crippen LogP contribution in [0, 0.1) is 0 Å². The standard InChI is InChI=1S/C23H21Cl3N4O4S/c1-3-33-17-9-5-15(6-10-17)27-29-23(30-28-16-7-11-18(12-8-16)34-4-2)35(31,32)22-14-20(25)19(24)13-21(22)26/h5-14,27H,3-4H2,1-2H3. The number of ether oxygens (including phenoxy) is 2. The number of hydrogen-bond acceptors (Lipinski definition) is 7. The Hall–Kier alpha value is -2.85. The molecule has 0 aliphatic heterocycles. The van der Waals surface area contributed by atoms with Crippen LogP contribution >= 0.6 is 34.8 Å². The first-order chi connectivity index (χ1) is 16.7. The van der Waals surface area contributed by atoms with Gasteiger partial charge in [0.15, 0.2) is 0 Å². The molecule has 0 radical (unpaired) electrons. The second-order valence-corrected chi connectivity index (χ2v) is 9.82. The summed E-state index contributed by atoms with van der Waals surface area (Å²) in [6.07, 6.45) is 0. The summed E-state index contributed by atoms with van der Waals surface area (Å²) in [5, 5.41) is 11.3. The third-order valence-corrected chi connectivity index (χ3v) is 7.07. The van der Waals surface area contributed by atoms with Gasteiger partial charge in [-0.3, -0.25) is 5.43 Å². The van der Waals surface area contributed by atoms with Crippen molar-refractivity contribution in [2.45, 2.75) is 18.7 Å². The van der Waals surface area contributed by atoms with Gasteiger partial charge in [-0.25, -0.2) is 8.42 Å².